The Labute approximate surface area is 122 Å². The van der Waals surface area contributed by atoms with Crippen molar-refractivity contribution in [1.82, 2.24) is 15.8 Å². The third-order valence-corrected chi connectivity index (χ3v) is 2.98. The van der Waals surface area contributed by atoms with Gasteiger partial charge in [0, 0.05) is 14.1 Å². The summed E-state index contributed by atoms with van der Waals surface area (Å²) in [5.41, 5.74) is 2.59. The number of rotatable bonds is 3. The second kappa shape index (κ2) is 5.97. The first-order valence-corrected chi connectivity index (χ1v) is 6.26. The molecule has 2 N–H and O–H groups in total. The highest BCUT2D eigenvalue weighted by Gasteiger charge is 2.18. The Morgan fingerprint density at radius 2 is 2.20 bits per heavy atom. The van der Waals surface area contributed by atoms with E-state index in [2.05, 4.69) is 35.9 Å². The summed E-state index contributed by atoms with van der Waals surface area (Å²) in [6.07, 6.45) is 0. The third kappa shape index (κ3) is 2.94. The van der Waals surface area contributed by atoms with E-state index in [9.17, 15) is 9.60 Å². The Balaban J connectivity index is 2.43. The average Bonchev–Trinajstić information content (AvgIpc) is 2.89. The van der Waals surface area contributed by atoms with Crippen LogP contribution in [0.3, 0.4) is 0 Å². The fourth-order valence-corrected chi connectivity index (χ4v) is 1.81. The lowest BCUT2D eigenvalue weighted by Crippen LogP contribution is -2.23. The molecule has 2 rings (SSSR count). The molecule has 0 aliphatic rings. The number of hydrogen-bond acceptors (Lipinski definition) is 6. The summed E-state index contributed by atoms with van der Waals surface area (Å²) in [7, 11) is 3.49. The fraction of sp³-hybridized carbons (Fsp3) is 0.182. The van der Waals surface area contributed by atoms with Gasteiger partial charge in [-0.3, -0.25) is 10.7 Å². The van der Waals surface area contributed by atoms with Gasteiger partial charge in [-0.25, -0.2) is 14.0 Å². The molecule has 0 unspecified atom stereocenters. The zero-order valence-electron chi connectivity index (χ0n) is 10.6. The highest BCUT2D eigenvalue weighted by atomic mass is 79.9. The second-order valence-corrected chi connectivity index (χ2v) is 4.86. The number of aromatic nitrogens is 2. The van der Waals surface area contributed by atoms with Crippen molar-refractivity contribution < 1.29 is 14.2 Å². The molecular formula is C11H11BrFN5O2. The number of hydroxylamine groups is 1. The molecule has 106 valence electrons. The fourth-order valence-electron chi connectivity index (χ4n) is 1.44. The van der Waals surface area contributed by atoms with Crippen LogP contribution in [-0.2, 0) is 0 Å². The predicted molar refractivity (Wildman–Crippen MR) is 73.8 cm³/mol. The number of anilines is 1. The SMILES string of the molecule is CN(C)c1nonc1C(=Nc1ccc(F)c(Br)c1)NO. The van der Waals surface area contributed by atoms with Gasteiger partial charge < -0.3 is 4.90 Å². The van der Waals surface area contributed by atoms with Crippen molar-refractivity contribution in [3.8, 4) is 0 Å². The van der Waals surface area contributed by atoms with E-state index < -0.39 is 5.82 Å². The summed E-state index contributed by atoms with van der Waals surface area (Å²) >= 11 is 3.06. The van der Waals surface area contributed by atoms with E-state index >= 15 is 0 Å². The Morgan fingerprint density at radius 1 is 1.45 bits per heavy atom. The number of benzene rings is 1. The molecule has 0 radical (unpaired) electrons. The summed E-state index contributed by atoms with van der Waals surface area (Å²) in [6, 6.07) is 4.18. The second-order valence-electron chi connectivity index (χ2n) is 4.00. The first-order valence-electron chi connectivity index (χ1n) is 5.47. The smallest absolute Gasteiger partial charge is 0.204 e. The minimum atomic E-state index is -0.403. The van der Waals surface area contributed by atoms with Crippen molar-refractivity contribution >= 4 is 33.3 Å². The highest BCUT2D eigenvalue weighted by molar-refractivity contribution is 9.10. The van der Waals surface area contributed by atoms with Crippen molar-refractivity contribution in [2.75, 3.05) is 19.0 Å². The summed E-state index contributed by atoms with van der Waals surface area (Å²) in [4.78, 5) is 5.79. The first-order chi connectivity index (χ1) is 9.52. The topological polar surface area (TPSA) is 86.8 Å². The third-order valence-electron chi connectivity index (χ3n) is 2.37. The minimum absolute atomic E-state index is 0.0356. The molecule has 0 spiro atoms. The van der Waals surface area contributed by atoms with Crippen LogP contribution in [0.15, 0.2) is 32.3 Å². The van der Waals surface area contributed by atoms with Gasteiger partial charge in [-0.05, 0) is 44.4 Å². The molecule has 20 heavy (non-hydrogen) atoms. The summed E-state index contributed by atoms with van der Waals surface area (Å²) < 4.78 is 18.1. The van der Waals surface area contributed by atoms with Crippen LogP contribution < -0.4 is 10.4 Å². The Kier molecular flexibility index (Phi) is 4.30. The van der Waals surface area contributed by atoms with Gasteiger partial charge in [-0.1, -0.05) is 0 Å². The van der Waals surface area contributed by atoms with Crippen LogP contribution >= 0.6 is 15.9 Å². The molecule has 1 aromatic carbocycles. The molecule has 2 aromatic rings. The van der Waals surface area contributed by atoms with Gasteiger partial charge in [0.25, 0.3) is 0 Å². The van der Waals surface area contributed by atoms with Gasteiger partial charge in [0.2, 0.25) is 5.82 Å². The molecule has 0 bridgehead atoms. The van der Waals surface area contributed by atoms with Crippen molar-refractivity contribution in [2.24, 2.45) is 4.99 Å². The molecule has 9 heteroatoms. The van der Waals surface area contributed by atoms with Gasteiger partial charge in [-0.2, -0.15) is 0 Å². The van der Waals surface area contributed by atoms with Crippen molar-refractivity contribution in [3.05, 3.63) is 34.2 Å². The van der Waals surface area contributed by atoms with E-state index in [0.29, 0.717) is 11.5 Å². The van der Waals surface area contributed by atoms with Crippen molar-refractivity contribution in [2.45, 2.75) is 0 Å². The number of nitrogens with zero attached hydrogens (tertiary/aromatic N) is 4. The number of hydrogen-bond donors (Lipinski definition) is 2. The van der Waals surface area contributed by atoms with Gasteiger partial charge >= 0.3 is 0 Å². The molecule has 0 saturated carbocycles. The van der Waals surface area contributed by atoms with Crippen molar-refractivity contribution in [3.63, 3.8) is 0 Å². The number of aliphatic imine (C=N–C) groups is 1. The zero-order valence-corrected chi connectivity index (χ0v) is 12.2. The molecule has 1 heterocycles. The van der Waals surface area contributed by atoms with Crippen LogP contribution in [-0.4, -0.2) is 35.5 Å². The van der Waals surface area contributed by atoms with E-state index in [-0.39, 0.29) is 16.0 Å². The van der Waals surface area contributed by atoms with Crippen LogP contribution in [0.25, 0.3) is 0 Å². The molecule has 7 nitrogen and oxygen atoms in total. The highest BCUT2D eigenvalue weighted by Crippen LogP contribution is 2.23. The standard InChI is InChI=1S/C11H11BrFN5O2/c1-18(2)11-9(16-20-17-11)10(15-19)14-6-3-4-8(13)7(12)5-6/h3-5,19H,1-2H3,(H,14,15). The monoisotopic (exact) mass is 343 g/mol. The molecule has 0 aliphatic heterocycles. The molecular weight excluding hydrogens is 333 g/mol. The Bertz CT molecular complexity index is 643. The van der Waals surface area contributed by atoms with Crippen LogP contribution in [0.5, 0.6) is 0 Å². The lowest BCUT2D eigenvalue weighted by atomic mass is 10.3. The Morgan fingerprint density at radius 3 is 2.80 bits per heavy atom. The van der Waals surface area contributed by atoms with Crippen LogP contribution in [0.4, 0.5) is 15.9 Å². The Hall–Kier alpha value is -2.00. The van der Waals surface area contributed by atoms with E-state index in [1.807, 2.05) is 5.48 Å². The molecule has 0 amide bonds. The van der Waals surface area contributed by atoms with E-state index in [1.54, 1.807) is 19.0 Å². The average molecular weight is 344 g/mol. The van der Waals surface area contributed by atoms with Crippen LogP contribution in [0, 0.1) is 5.82 Å². The van der Waals surface area contributed by atoms with Gasteiger partial charge in [-0.15, -0.1) is 0 Å². The largest absolute Gasteiger partial charge is 0.358 e. The van der Waals surface area contributed by atoms with Crippen LogP contribution in [0.2, 0.25) is 0 Å². The number of amidine groups is 1. The summed E-state index contributed by atoms with van der Waals surface area (Å²) in [6.45, 7) is 0. The van der Waals surface area contributed by atoms with E-state index in [1.165, 1.54) is 18.2 Å². The maximum absolute atomic E-state index is 13.2. The lowest BCUT2D eigenvalue weighted by Gasteiger charge is -2.09. The zero-order chi connectivity index (χ0) is 14.7. The lowest BCUT2D eigenvalue weighted by molar-refractivity contribution is 0.234. The molecule has 0 aliphatic carbocycles. The van der Waals surface area contributed by atoms with E-state index in [0.717, 1.165) is 0 Å². The molecule has 1 aromatic heterocycles. The first kappa shape index (κ1) is 14.4. The quantitative estimate of drug-likeness (QED) is 0.504. The van der Waals surface area contributed by atoms with Gasteiger partial charge in [0.05, 0.1) is 10.2 Å². The van der Waals surface area contributed by atoms with Crippen LogP contribution in [0.1, 0.15) is 5.69 Å². The molecule has 0 atom stereocenters. The maximum atomic E-state index is 13.2. The predicted octanol–water partition coefficient (Wildman–Crippen LogP) is 2.09. The normalized spacial score (nSPS) is 11.6. The molecule has 0 fully saturated rings. The van der Waals surface area contributed by atoms with Gasteiger partial charge in [0.1, 0.15) is 5.82 Å². The number of halogens is 2. The van der Waals surface area contributed by atoms with E-state index in [4.69, 9.17) is 0 Å². The summed E-state index contributed by atoms with van der Waals surface area (Å²) in [5.74, 6) is 0.0273. The minimum Gasteiger partial charge on any atom is -0.358 e. The molecule has 0 saturated heterocycles. The number of nitrogens with one attached hydrogen (secondary N) is 1. The van der Waals surface area contributed by atoms with Crippen molar-refractivity contribution in [1.29, 1.82) is 0 Å². The summed E-state index contributed by atoms with van der Waals surface area (Å²) in [5, 5.41) is 16.6. The van der Waals surface area contributed by atoms with Gasteiger partial charge in [0.15, 0.2) is 11.5 Å². The maximum Gasteiger partial charge on any atom is 0.204 e.